The molecule has 0 aliphatic heterocycles. The average molecular weight is 668 g/mol. The van der Waals surface area contributed by atoms with Crippen LogP contribution in [0.1, 0.15) is 31.5 Å². The van der Waals surface area contributed by atoms with E-state index < -0.39 is 22.0 Å². The summed E-state index contributed by atoms with van der Waals surface area (Å²) in [6.45, 7) is 19.9. The lowest BCUT2D eigenvalue weighted by Crippen LogP contribution is -2.22. The normalized spacial score (nSPS) is 12.3. The number of phenolic OH excluding ortho intramolecular Hbond substituents is 1. The third-order valence-electron chi connectivity index (χ3n) is 7.88. The van der Waals surface area contributed by atoms with Gasteiger partial charge in [0.15, 0.2) is 17.4 Å². The van der Waals surface area contributed by atoms with Gasteiger partial charge in [-0.15, -0.1) is 0 Å². The summed E-state index contributed by atoms with van der Waals surface area (Å²) in [6, 6.07) is 10.9. The number of hydrogen-bond donors (Lipinski definition) is 2. The lowest BCUT2D eigenvalue weighted by molar-refractivity contribution is -0.120. The predicted octanol–water partition coefficient (Wildman–Crippen LogP) is 7.62. The summed E-state index contributed by atoms with van der Waals surface area (Å²) in [7, 11) is -2.55. The van der Waals surface area contributed by atoms with Gasteiger partial charge in [0.2, 0.25) is 5.91 Å². The molecule has 0 aliphatic carbocycles. The molecule has 1 amide bonds. The second-order valence-corrected chi connectivity index (χ2v) is 25.5. The molecule has 0 atom stereocenters. The van der Waals surface area contributed by atoms with Crippen molar-refractivity contribution >= 4 is 33.0 Å². The maximum Gasteiger partial charge on any atom is 0.220 e. The van der Waals surface area contributed by atoms with Gasteiger partial charge in [-0.3, -0.25) is 4.79 Å². The van der Waals surface area contributed by atoms with E-state index in [4.69, 9.17) is 19.6 Å². The number of nitrogens with zero attached hydrogens (tertiary/aromatic N) is 4. The number of fused-ring (bicyclic) bond motifs is 1. The highest BCUT2D eigenvalue weighted by Crippen LogP contribution is 2.35. The smallest absolute Gasteiger partial charge is 0.220 e. The molecular weight excluding hydrogens is 618 g/mol. The number of ether oxygens (including phenoxy) is 2. The van der Waals surface area contributed by atoms with Crippen molar-refractivity contribution in [1.29, 1.82) is 0 Å². The summed E-state index contributed by atoms with van der Waals surface area (Å²) in [5, 5.41) is 18.8. The number of halogens is 1. The Morgan fingerprint density at radius 2 is 1.65 bits per heavy atom. The number of rotatable bonds is 16. The summed E-state index contributed by atoms with van der Waals surface area (Å²) in [6.07, 6.45) is 2.95. The summed E-state index contributed by atoms with van der Waals surface area (Å²) in [5.41, 5.74) is 4.60. The monoisotopic (exact) mass is 667 g/mol. The zero-order valence-electron chi connectivity index (χ0n) is 28.7. The van der Waals surface area contributed by atoms with Gasteiger partial charge in [-0.25, -0.2) is 14.1 Å². The summed E-state index contributed by atoms with van der Waals surface area (Å²) in [4.78, 5) is 16.9. The Hall–Kier alpha value is -3.33. The van der Waals surface area contributed by atoms with E-state index in [-0.39, 0.29) is 18.4 Å². The quantitative estimate of drug-likeness (QED) is 0.0941. The summed E-state index contributed by atoms with van der Waals surface area (Å²) in [5.74, 6) is -0.417. The number of amides is 1. The molecule has 46 heavy (non-hydrogen) atoms. The van der Waals surface area contributed by atoms with E-state index in [1.165, 1.54) is 12.1 Å². The predicted molar refractivity (Wildman–Crippen MR) is 188 cm³/mol. The molecule has 0 fully saturated rings. The number of phenols is 1. The van der Waals surface area contributed by atoms with Gasteiger partial charge < -0.3 is 24.5 Å². The van der Waals surface area contributed by atoms with Crippen molar-refractivity contribution in [3.8, 4) is 28.4 Å². The molecule has 0 saturated carbocycles. The van der Waals surface area contributed by atoms with Gasteiger partial charge in [-0.1, -0.05) is 59.2 Å². The van der Waals surface area contributed by atoms with Crippen LogP contribution in [-0.2, 0) is 40.7 Å². The van der Waals surface area contributed by atoms with E-state index >= 15 is 0 Å². The molecule has 4 aromatic rings. The van der Waals surface area contributed by atoms with Crippen molar-refractivity contribution in [3.05, 3.63) is 53.6 Å². The lowest BCUT2D eigenvalue weighted by Gasteiger charge is -2.16. The number of carbonyl (C=O) groups is 1. The Labute approximate surface area is 274 Å². The molecule has 4 rings (SSSR count). The number of aryl methyl sites for hydroxylation is 1. The topological polar surface area (TPSA) is 103 Å². The Morgan fingerprint density at radius 3 is 2.28 bits per heavy atom. The van der Waals surface area contributed by atoms with Crippen LogP contribution in [0.5, 0.6) is 5.75 Å². The van der Waals surface area contributed by atoms with Crippen LogP contribution in [0.4, 0.5) is 4.39 Å². The van der Waals surface area contributed by atoms with Gasteiger partial charge in [0.25, 0.3) is 0 Å². The Balaban J connectivity index is 1.78. The van der Waals surface area contributed by atoms with Crippen LogP contribution >= 0.6 is 0 Å². The minimum atomic E-state index is -1.29. The van der Waals surface area contributed by atoms with Crippen LogP contribution in [-0.4, -0.2) is 59.7 Å². The van der Waals surface area contributed by atoms with Crippen LogP contribution in [0, 0.1) is 5.82 Å². The Bertz CT molecular complexity index is 1660. The SMILES string of the molecule is CCC(=O)NCc1cn(COCC[Si](C)(C)C)c(-c2nn(COCC[Si](C)(C)C)c3cc(-c4cc(F)c(O)cc4CC)ccc23)n1. The van der Waals surface area contributed by atoms with E-state index in [0.29, 0.717) is 56.5 Å². The second-order valence-electron chi connectivity index (χ2n) is 14.2. The third-order valence-corrected chi connectivity index (χ3v) is 11.3. The highest BCUT2D eigenvalue weighted by atomic mass is 28.3. The van der Waals surface area contributed by atoms with E-state index in [9.17, 15) is 14.3 Å². The highest BCUT2D eigenvalue weighted by molar-refractivity contribution is 6.76. The third kappa shape index (κ3) is 9.37. The van der Waals surface area contributed by atoms with Crippen molar-refractivity contribution in [2.24, 2.45) is 0 Å². The molecule has 0 saturated heterocycles. The summed E-state index contributed by atoms with van der Waals surface area (Å²) < 4.78 is 30.6. The number of aromatic nitrogens is 4. The van der Waals surface area contributed by atoms with E-state index in [1.54, 1.807) is 0 Å². The molecule has 2 N–H and O–H groups in total. The molecule has 2 aromatic carbocycles. The van der Waals surface area contributed by atoms with E-state index in [1.807, 2.05) is 47.5 Å². The first kappa shape index (κ1) is 35.5. The second kappa shape index (κ2) is 15.1. The maximum atomic E-state index is 14.5. The van der Waals surface area contributed by atoms with E-state index in [2.05, 4.69) is 44.6 Å². The number of carbonyl (C=O) groups excluding carboxylic acids is 1. The van der Waals surface area contributed by atoms with E-state index in [0.717, 1.165) is 39.7 Å². The fraction of sp³-hybridized carbons (Fsp3) is 0.500. The van der Waals surface area contributed by atoms with Crippen molar-refractivity contribution in [2.45, 2.75) is 98.1 Å². The average Bonchev–Trinajstić information content (AvgIpc) is 3.56. The molecule has 0 aliphatic rings. The first-order valence-corrected chi connectivity index (χ1v) is 23.6. The lowest BCUT2D eigenvalue weighted by atomic mass is 9.96. The molecule has 0 bridgehead atoms. The standard InChI is InChI=1S/C34H50FN5O4Si2/c1-9-24-18-31(41)29(35)19-28(24)25-11-12-27-30(17-25)40(23-44-14-16-46(6,7)8)38-33(27)34-37-26(20-36-32(42)10-2)21-39(34)22-43-13-15-45(3,4)5/h11-12,17-19,21,41H,9-10,13-16,20,22-23H2,1-8H3,(H,36,42). The van der Waals surface area contributed by atoms with Gasteiger partial charge in [0, 0.05) is 47.4 Å². The molecule has 250 valence electrons. The highest BCUT2D eigenvalue weighted by Gasteiger charge is 2.21. The fourth-order valence-electron chi connectivity index (χ4n) is 5.00. The van der Waals surface area contributed by atoms with Gasteiger partial charge >= 0.3 is 0 Å². The van der Waals surface area contributed by atoms with Gasteiger partial charge in [-0.05, 0) is 59.5 Å². The van der Waals surface area contributed by atoms with Crippen LogP contribution in [0.3, 0.4) is 0 Å². The van der Waals surface area contributed by atoms with Gasteiger partial charge in [0.05, 0.1) is 17.8 Å². The molecule has 9 nitrogen and oxygen atoms in total. The Morgan fingerprint density at radius 1 is 0.978 bits per heavy atom. The molecular formula is C34H50FN5O4Si2. The fourth-order valence-corrected chi connectivity index (χ4v) is 6.51. The van der Waals surface area contributed by atoms with Crippen molar-refractivity contribution in [1.82, 2.24) is 24.6 Å². The minimum absolute atomic E-state index is 0.0441. The molecule has 2 aromatic heterocycles. The number of aromatic hydroxyl groups is 1. The number of hydrogen-bond acceptors (Lipinski definition) is 6. The molecule has 0 spiro atoms. The first-order chi connectivity index (χ1) is 21.7. The molecule has 0 radical (unpaired) electrons. The van der Waals surface area contributed by atoms with Crippen LogP contribution in [0.2, 0.25) is 51.4 Å². The van der Waals surface area contributed by atoms with Crippen molar-refractivity contribution < 1.29 is 23.8 Å². The molecule has 2 heterocycles. The summed E-state index contributed by atoms with van der Waals surface area (Å²) >= 11 is 0. The molecule has 12 heteroatoms. The first-order valence-electron chi connectivity index (χ1n) is 16.2. The number of benzene rings is 2. The van der Waals surface area contributed by atoms with Crippen molar-refractivity contribution in [3.63, 3.8) is 0 Å². The zero-order chi connectivity index (χ0) is 33.6. The van der Waals surface area contributed by atoms with Crippen LogP contribution in [0.15, 0.2) is 36.5 Å². The molecule has 0 unspecified atom stereocenters. The van der Waals surface area contributed by atoms with Gasteiger partial charge in [0.1, 0.15) is 19.2 Å². The largest absolute Gasteiger partial charge is 0.505 e. The Kier molecular flexibility index (Phi) is 11.6. The van der Waals surface area contributed by atoms with Crippen LogP contribution in [0.25, 0.3) is 33.5 Å². The minimum Gasteiger partial charge on any atom is -0.505 e. The number of imidazole rings is 1. The number of nitrogens with one attached hydrogen (secondary N) is 1. The zero-order valence-corrected chi connectivity index (χ0v) is 30.7. The van der Waals surface area contributed by atoms with Crippen LogP contribution < -0.4 is 5.32 Å². The maximum absolute atomic E-state index is 14.5. The van der Waals surface area contributed by atoms with Gasteiger partial charge in [-0.2, -0.15) is 5.10 Å². The van der Waals surface area contributed by atoms with Crippen molar-refractivity contribution in [2.75, 3.05) is 13.2 Å².